The van der Waals surface area contributed by atoms with Crippen LogP contribution in [0.2, 0.25) is 0 Å². The van der Waals surface area contributed by atoms with Crippen molar-refractivity contribution >= 4 is 0 Å². The molecule has 0 saturated carbocycles. The zero-order valence-electron chi connectivity index (χ0n) is 9.94. The van der Waals surface area contributed by atoms with Gasteiger partial charge in [0, 0.05) is 24.5 Å². The van der Waals surface area contributed by atoms with Crippen LogP contribution in [0.15, 0.2) is 24.5 Å². The number of pyridine rings is 1. The smallest absolute Gasteiger partial charge is 0.190 e. The van der Waals surface area contributed by atoms with E-state index in [9.17, 15) is 4.39 Å². The maximum atomic E-state index is 14.1. The van der Waals surface area contributed by atoms with Crippen molar-refractivity contribution in [2.24, 2.45) is 0 Å². The third-order valence-corrected chi connectivity index (χ3v) is 2.46. The van der Waals surface area contributed by atoms with E-state index in [4.69, 9.17) is 0 Å². The Morgan fingerprint density at radius 2 is 2.24 bits per heavy atom. The molecule has 2 aromatic rings. The Kier molecular flexibility index (Phi) is 3.49. The van der Waals surface area contributed by atoms with Crippen molar-refractivity contribution in [3.8, 4) is 5.82 Å². The van der Waals surface area contributed by atoms with Crippen LogP contribution in [0, 0.1) is 12.7 Å². The third-order valence-electron chi connectivity index (χ3n) is 2.46. The molecule has 2 heterocycles. The van der Waals surface area contributed by atoms with Gasteiger partial charge in [-0.15, -0.1) is 0 Å². The zero-order valence-corrected chi connectivity index (χ0v) is 9.94. The fourth-order valence-electron chi connectivity index (χ4n) is 1.56. The standard InChI is InChI=1S/C12H15FN4/c1-3-14-8-10-4-6-15-12(11(10)13)17-7-5-9(2)16-17/h4-7,14H,3,8H2,1-2H3. The number of aryl methyl sites for hydroxylation is 1. The molecule has 2 rings (SSSR count). The van der Waals surface area contributed by atoms with Crippen molar-refractivity contribution in [1.82, 2.24) is 20.1 Å². The average molecular weight is 234 g/mol. The van der Waals surface area contributed by atoms with Crippen molar-refractivity contribution in [1.29, 1.82) is 0 Å². The molecular weight excluding hydrogens is 219 g/mol. The summed E-state index contributed by atoms with van der Waals surface area (Å²) in [5.41, 5.74) is 1.44. The summed E-state index contributed by atoms with van der Waals surface area (Å²) in [7, 11) is 0. The first-order chi connectivity index (χ1) is 8.22. The lowest BCUT2D eigenvalue weighted by Gasteiger charge is -2.07. The maximum Gasteiger partial charge on any atom is 0.190 e. The van der Waals surface area contributed by atoms with Crippen LogP contribution in [-0.2, 0) is 6.54 Å². The van der Waals surface area contributed by atoms with Crippen LogP contribution in [0.5, 0.6) is 0 Å². The van der Waals surface area contributed by atoms with Crippen LogP contribution in [-0.4, -0.2) is 21.3 Å². The highest BCUT2D eigenvalue weighted by molar-refractivity contribution is 5.30. The van der Waals surface area contributed by atoms with E-state index in [0.717, 1.165) is 12.2 Å². The normalized spacial score (nSPS) is 10.8. The third kappa shape index (κ3) is 2.50. The van der Waals surface area contributed by atoms with Crippen LogP contribution in [0.25, 0.3) is 5.82 Å². The quantitative estimate of drug-likeness (QED) is 0.877. The van der Waals surface area contributed by atoms with Crippen molar-refractivity contribution in [3.05, 3.63) is 41.6 Å². The number of nitrogens with one attached hydrogen (secondary N) is 1. The van der Waals surface area contributed by atoms with Crippen LogP contribution in [0.3, 0.4) is 0 Å². The summed E-state index contributed by atoms with van der Waals surface area (Å²) in [5, 5.41) is 7.25. The predicted molar refractivity (Wildman–Crippen MR) is 63.4 cm³/mol. The van der Waals surface area contributed by atoms with Crippen molar-refractivity contribution in [2.75, 3.05) is 6.54 Å². The molecule has 0 aliphatic rings. The maximum absolute atomic E-state index is 14.1. The highest BCUT2D eigenvalue weighted by Crippen LogP contribution is 2.14. The van der Waals surface area contributed by atoms with E-state index >= 15 is 0 Å². The van der Waals surface area contributed by atoms with E-state index in [1.165, 1.54) is 4.68 Å². The Hall–Kier alpha value is -1.75. The molecule has 0 aliphatic carbocycles. The zero-order chi connectivity index (χ0) is 12.3. The second-order valence-electron chi connectivity index (χ2n) is 3.79. The monoisotopic (exact) mass is 234 g/mol. The van der Waals surface area contributed by atoms with E-state index in [1.54, 1.807) is 18.5 Å². The van der Waals surface area contributed by atoms with E-state index in [0.29, 0.717) is 12.1 Å². The van der Waals surface area contributed by atoms with Crippen molar-refractivity contribution < 1.29 is 4.39 Å². The molecule has 5 heteroatoms. The predicted octanol–water partition coefficient (Wildman–Crippen LogP) is 1.82. The molecular formula is C12H15FN4. The minimum atomic E-state index is -0.323. The van der Waals surface area contributed by atoms with Gasteiger partial charge in [0.1, 0.15) is 0 Å². The first-order valence-electron chi connectivity index (χ1n) is 5.59. The van der Waals surface area contributed by atoms with Crippen LogP contribution in [0.4, 0.5) is 4.39 Å². The molecule has 0 fully saturated rings. The molecule has 0 aliphatic heterocycles. The van der Waals surface area contributed by atoms with Gasteiger partial charge in [0.15, 0.2) is 11.6 Å². The summed E-state index contributed by atoms with van der Waals surface area (Å²) in [4.78, 5) is 4.03. The number of rotatable bonds is 4. The van der Waals surface area contributed by atoms with Gasteiger partial charge in [-0.05, 0) is 25.6 Å². The molecule has 2 aromatic heterocycles. The minimum Gasteiger partial charge on any atom is -0.313 e. The lowest BCUT2D eigenvalue weighted by atomic mass is 10.2. The Balaban J connectivity index is 2.35. The number of hydrogen-bond acceptors (Lipinski definition) is 3. The van der Waals surface area contributed by atoms with Crippen LogP contribution in [0.1, 0.15) is 18.2 Å². The topological polar surface area (TPSA) is 42.7 Å². The van der Waals surface area contributed by atoms with Gasteiger partial charge in [-0.1, -0.05) is 6.92 Å². The van der Waals surface area contributed by atoms with E-state index in [1.807, 2.05) is 19.9 Å². The van der Waals surface area contributed by atoms with Gasteiger partial charge in [-0.2, -0.15) is 5.10 Å². The second-order valence-corrected chi connectivity index (χ2v) is 3.79. The summed E-state index contributed by atoms with van der Waals surface area (Å²) >= 11 is 0. The number of halogens is 1. The second kappa shape index (κ2) is 5.05. The molecule has 0 spiro atoms. The van der Waals surface area contributed by atoms with Gasteiger partial charge < -0.3 is 5.32 Å². The Bertz CT molecular complexity index is 507. The van der Waals surface area contributed by atoms with Crippen molar-refractivity contribution in [2.45, 2.75) is 20.4 Å². The van der Waals surface area contributed by atoms with E-state index in [2.05, 4.69) is 15.4 Å². The molecule has 1 N–H and O–H groups in total. The molecule has 0 bridgehead atoms. The summed E-state index contributed by atoms with van der Waals surface area (Å²) in [6.07, 6.45) is 3.31. The van der Waals surface area contributed by atoms with Gasteiger partial charge in [0.2, 0.25) is 0 Å². The summed E-state index contributed by atoms with van der Waals surface area (Å²) in [6.45, 7) is 5.14. The molecule has 0 saturated heterocycles. The van der Waals surface area contributed by atoms with Gasteiger partial charge in [-0.25, -0.2) is 14.1 Å². The molecule has 4 nitrogen and oxygen atoms in total. The Morgan fingerprint density at radius 3 is 2.88 bits per heavy atom. The molecule has 0 radical (unpaired) electrons. The number of nitrogens with zero attached hydrogens (tertiary/aromatic N) is 3. The summed E-state index contributed by atoms with van der Waals surface area (Å²) in [5.74, 6) is -0.0787. The number of aromatic nitrogens is 3. The molecule has 0 unspecified atom stereocenters. The van der Waals surface area contributed by atoms with Gasteiger partial charge >= 0.3 is 0 Å². The highest BCUT2D eigenvalue weighted by atomic mass is 19.1. The van der Waals surface area contributed by atoms with Crippen LogP contribution < -0.4 is 5.32 Å². The Morgan fingerprint density at radius 1 is 1.41 bits per heavy atom. The molecule has 17 heavy (non-hydrogen) atoms. The Labute approximate surface area is 99.5 Å². The largest absolute Gasteiger partial charge is 0.313 e. The fourth-order valence-corrected chi connectivity index (χ4v) is 1.56. The number of hydrogen-bond donors (Lipinski definition) is 1. The molecule has 0 amide bonds. The van der Waals surface area contributed by atoms with E-state index < -0.39 is 0 Å². The average Bonchev–Trinajstić information content (AvgIpc) is 2.74. The van der Waals surface area contributed by atoms with Crippen molar-refractivity contribution in [3.63, 3.8) is 0 Å². The van der Waals surface area contributed by atoms with E-state index in [-0.39, 0.29) is 11.6 Å². The molecule has 0 aromatic carbocycles. The highest BCUT2D eigenvalue weighted by Gasteiger charge is 2.11. The summed E-state index contributed by atoms with van der Waals surface area (Å²) < 4.78 is 15.6. The van der Waals surface area contributed by atoms with Gasteiger partial charge in [0.05, 0.1) is 5.69 Å². The van der Waals surface area contributed by atoms with Gasteiger partial charge in [0.25, 0.3) is 0 Å². The summed E-state index contributed by atoms with van der Waals surface area (Å²) in [6, 6.07) is 3.50. The first kappa shape index (κ1) is 11.7. The molecule has 0 atom stereocenters. The minimum absolute atomic E-state index is 0.244. The first-order valence-corrected chi connectivity index (χ1v) is 5.59. The lowest BCUT2D eigenvalue weighted by Crippen LogP contribution is -2.14. The van der Waals surface area contributed by atoms with Gasteiger partial charge in [-0.3, -0.25) is 0 Å². The SMILES string of the molecule is CCNCc1ccnc(-n2ccc(C)n2)c1F. The van der Waals surface area contributed by atoms with Crippen LogP contribution >= 0.6 is 0 Å². The fraction of sp³-hybridized carbons (Fsp3) is 0.333. The lowest BCUT2D eigenvalue weighted by molar-refractivity contribution is 0.571. The molecule has 90 valence electrons.